The maximum absolute atomic E-state index is 12.1. The zero-order valence-corrected chi connectivity index (χ0v) is 13.1. The van der Waals surface area contributed by atoms with Gasteiger partial charge in [0.25, 0.3) is 5.91 Å². The number of hydrogen-bond acceptors (Lipinski definition) is 3. The molecule has 102 valence electrons. The van der Waals surface area contributed by atoms with Crippen molar-refractivity contribution in [2.24, 2.45) is 5.73 Å². The van der Waals surface area contributed by atoms with Crippen molar-refractivity contribution in [1.82, 2.24) is 4.98 Å². The minimum Gasteiger partial charge on any atom is -0.389 e. The molecule has 0 atom stereocenters. The molecule has 0 unspecified atom stereocenters. The summed E-state index contributed by atoms with van der Waals surface area (Å²) in [6.45, 7) is 1.86. The van der Waals surface area contributed by atoms with Gasteiger partial charge in [0.1, 0.15) is 4.99 Å². The summed E-state index contributed by atoms with van der Waals surface area (Å²) in [5, 5.41) is 2.79. The minimum absolute atomic E-state index is 0.226. The van der Waals surface area contributed by atoms with E-state index in [4.69, 9.17) is 18.0 Å². The molecule has 0 spiro atoms. The monoisotopic (exact) mass is 349 g/mol. The lowest BCUT2D eigenvalue weighted by Gasteiger charge is -2.10. The van der Waals surface area contributed by atoms with E-state index < -0.39 is 0 Å². The summed E-state index contributed by atoms with van der Waals surface area (Å²) in [6, 6.07) is 8.83. The number of carbonyl (C=O) groups excluding carboxylic acids is 1. The number of nitrogens with zero attached hydrogens (tertiary/aromatic N) is 1. The number of hydrogen-bond donors (Lipinski definition) is 2. The van der Waals surface area contributed by atoms with E-state index in [0.29, 0.717) is 16.8 Å². The maximum atomic E-state index is 12.1. The van der Waals surface area contributed by atoms with Crippen LogP contribution in [0.2, 0.25) is 0 Å². The van der Waals surface area contributed by atoms with Crippen LogP contribution in [0.1, 0.15) is 21.6 Å². The number of pyridine rings is 1. The van der Waals surface area contributed by atoms with Gasteiger partial charge in [0, 0.05) is 21.9 Å². The van der Waals surface area contributed by atoms with Gasteiger partial charge in [0.05, 0.1) is 11.3 Å². The van der Waals surface area contributed by atoms with E-state index in [1.807, 2.05) is 13.0 Å². The van der Waals surface area contributed by atoms with Gasteiger partial charge in [0.2, 0.25) is 0 Å². The fourth-order valence-electron chi connectivity index (χ4n) is 1.63. The number of carbonyl (C=O) groups is 1. The van der Waals surface area contributed by atoms with Gasteiger partial charge in [-0.15, -0.1) is 0 Å². The highest BCUT2D eigenvalue weighted by Gasteiger charge is 2.11. The lowest BCUT2D eigenvalue weighted by molar-refractivity contribution is 0.102. The molecule has 4 nitrogen and oxygen atoms in total. The Morgan fingerprint density at radius 1 is 1.35 bits per heavy atom. The molecule has 1 amide bonds. The molecule has 3 N–H and O–H groups in total. The first kappa shape index (κ1) is 14.6. The quantitative estimate of drug-likeness (QED) is 0.835. The third-order valence-electron chi connectivity index (χ3n) is 2.67. The molecule has 2 rings (SSSR count). The van der Waals surface area contributed by atoms with E-state index >= 15 is 0 Å². The van der Waals surface area contributed by atoms with E-state index in [2.05, 4.69) is 26.2 Å². The molecule has 0 bridgehead atoms. The maximum Gasteiger partial charge on any atom is 0.257 e. The summed E-state index contributed by atoms with van der Waals surface area (Å²) in [5.41, 5.74) is 8.19. The number of nitrogens with two attached hydrogens (primary N) is 1. The Kier molecular flexibility index (Phi) is 4.46. The van der Waals surface area contributed by atoms with Crippen LogP contribution in [0, 0.1) is 6.92 Å². The van der Waals surface area contributed by atoms with Crippen LogP contribution in [-0.2, 0) is 0 Å². The van der Waals surface area contributed by atoms with E-state index in [9.17, 15) is 4.79 Å². The summed E-state index contributed by atoms with van der Waals surface area (Å²) in [5.74, 6) is -0.252. The fraction of sp³-hybridized carbons (Fsp3) is 0.0714. The van der Waals surface area contributed by atoms with Crippen molar-refractivity contribution < 1.29 is 4.79 Å². The average Bonchev–Trinajstić information content (AvgIpc) is 2.41. The van der Waals surface area contributed by atoms with E-state index in [0.717, 1.165) is 10.2 Å². The predicted molar refractivity (Wildman–Crippen MR) is 87.0 cm³/mol. The first-order valence-electron chi connectivity index (χ1n) is 5.81. The Bertz CT molecular complexity index is 671. The first-order valence-corrected chi connectivity index (χ1v) is 7.01. The summed E-state index contributed by atoms with van der Waals surface area (Å²) >= 11 is 8.33. The highest BCUT2D eigenvalue weighted by atomic mass is 79.9. The highest BCUT2D eigenvalue weighted by molar-refractivity contribution is 9.10. The van der Waals surface area contributed by atoms with Crippen LogP contribution in [0.25, 0.3) is 0 Å². The SMILES string of the molecule is Cc1ccc(C(=O)Nc2ccc(Br)cc2C(N)=S)cn1. The molecule has 0 aliphatic heterocycles. The van der Waals surface area contributed by atoms with Gasteiger partial charge in [-0.1, -0.05) is 28.1 Å². The molecule has 1 aromatic heterocycles. The number of anilines is 1. The van der Waals surface area contributed by atoms with E-state index in [-0.39, 0.29) is 10.9 Å². The summed E-state index contributed by atoms with van der Waals surface area (Å²) in [7, 11) is 0. The van der Waals surface area contributed by atoms with Gasteiger partial charge in [-0.25, -0.2) is 0 Å². The lowest BCUT2D eigenvalue weighted by atomic mass is 10.1. The number of benzene rings is 1. The van der Waals surface area contributed by atoms with Crippen molar-refractivity contribution in [1.29, 1.82) is 0 Å². The Labute approximate surface area is 130 Å². The lowest BCUT2D eigenvalue weighted by Crippen LogP contribution is -2.17. The topological polar surface area (TPSA) is 68.0 Å². The van der Waals surface area contributed by atoms with Gasteiger partial charge in [-0.2, -0.15) is 0 Å². The van der Waals surface area contributed by atoms with Crippen molar-refractivity contribution in [2.75, 3.05) is 5.32 Å². The van der Waals surface area contributed by atoms with Gasteiger partial charge in [-0.3, -0.25) is 9.78 Å². The molecule has 1 heterocycles. The Hall–Kier alpha value is -1.79. The molecule has 0 aliphatic rings. The number of thiocarbonyl (C=S) groups is 1. The fourth-order valence-corrected chi connectivity index (χ4v) is 2.16. The number of aryl methyl sites for hydroxylation is 1. The molecule has 0 fully saturated rings. The Balaban J connectivity index is 2.28. The van der Waals surface area contributed by atoms with E-state index in [1.54, 1.807) is 24.3 Å². The molecular weight excluding hydrogens is 338 g/mol. The molecule has 1 aromatic carbocycles. The van der Waals surface area contributed by atoms with Crippen LogP contribution in [-0.4, -0.2) is 15.9 Å². The van der Waals surface area contributed by atoms with Crippen LogP contribution < -0.4 is 11.1 Å². The average molecular weight is 350 g/mol. The molecule has 0 aliphatic carbocycles. The van der Waals surface area contributed by atoms with Gasteiger partial charge in [-0.05, 0) is 37.3 Å². The smallest absolute Gasteiger partial charge is 0.257 e. The molecule has 0 radical (unpaired) electrons. The third-order valence-corrected chi connectivity index (χ3v) is 3.38. The molecule has 0 saturated heterocycles. The summed E-state index contributed by atoms with van der Waals surface area (Å²) < 4.78 is 0.843. The largest absolute Gasteiger partial charge is 0.389 e. The molecule has 2 aromatic rings. The van der Waals surface area contributed by atoms with Crippen molar-refractivity contribution in [2.45, 2.75) is 6.92 Å². The van der Waals surface area contributed by atoms with Crippen LogP contribution >= 0.6 is 28.1 Å². The Morgan fingerprint density at radius 2 is 2.10 bits per heavy atom. The minimum atomic E-state index is -0.252. The number of amides is 1. The highest BCUT2D eigenvalue weighted by Crippen LogP contribution is 2.21. The second-order valence-electron chi connectivity index (χ2n) is 4.20. The molecule has 0 saturated carbocycles. The predicted octanol–water partition coefficient (Wildman–Crippen LogP) is 3.04. The van der Waals surface area contributed by atoms with Crippen LogP contribution in [0.4, 0.5) is 5.69 Å². The summed E-state index contributed by atoms with van der Waals surface area (Å²) in [4.78, 5) is 16.5. The number of aromatic nitrogens is 1. The van der Waals surface area contributed by atoms with Crippen molar-refractivity contribution in [3.05, 3.63) is 57.8 Å². The normalized spacial score (nSPS) is 10.1. The zero-order chi connectivity index (χ0) is 14.7. The van der Waals surface area contributed by atoms with Crippen molar-refractivity contribution in [3.8, 4) is 0 Å². The van der Waals surface area contributed by atoms with Gasteiger partial charge < -0.3 is 11.1 Å². The summed E-state index contributed by atoms with van der Waals surface area (Å²) in [6.07, 6.45) is 1.53. The number of halogens is 1. The van der Waals surface area contributed by atoms with Crippen molar-refractivity contribution >= 4 is 44.7 Å². The second-order valence-corrected chi connectivity index (χ2v) is 5.55. The van der Waals surface area contributed by atoms with Crippen LogP contribution in [0.15, 0.2) is 41.0 Å². The Morgan fingerprint density at radius 3 is 2.70 bits per heavy atom. The van der Waals surface area contributed by atoms with Gasteiger partial charge in [0.15, 0.2) is 0 Å². The van der Waals surface area contributed by atoms with Crippen LogP contribution in [0.5, 0.6) is 0 Å². The second kappa shape index (κ2) is 6.11. The van der Waals surface area contributed by atoms with E-state index in [1.165, 1.54) is 6.20 Å². The van der Waals surface area contributed by atoms with Crippen LogP contribution in [0.3, 0.4) is 0 Å². The first-order chi connectivity index (χ1) is 9.47. The number of rotatable bonds is 3. The third kappa shape index (κ3) is 3.40. The molecule has 20 heavy (non-hydrogen) atoms. The molecular formula is C14H12BrN3OS. The molecule has 6 heteroatoms. The standard InChI is InChI=1S/C14H12BrN3OS/c1-8-2-3-9(7-17-8)14(19)18-12-5-4-10(15)6-11(12)13(16)20/h2-7H,1H3,(H2,16,20)(H,18,19). The van der Waals surface area contributed by atoms with Gasteiger partial charge >= 0.3 is 0 Å². The zero-order valence-electron chi connectivity index (χ0n) is 10.7. The number of nitrogens with one attached hydrogen (secondary N) is 1. The van der Waals surface area contributed by atoms with Crippen molar-refractivity contribution in [3.63, 3.8) is 0 Å².